The zero-order chi connectivity index (χ0) is 8.81. The molecule has 3 nitrogen and oxygen atoms in total. The third-order valence-electron chi connectivity index (χ3n) is 1.35. The van der Waals surface area contributed by atoms with Crippen LogP contribution in [0.5, 0.6) is 0 Å². The first-order chi connectivity index (χ1) is 5.84. The van der Waals surface area contributed by atoms with Crippen LogP contribution in [0.3, 0.4) is 0 Å². The van der Waals surface area contributed by atoms with Crippen molar-refractivity contribution >= 4 is 18.4 Å². The van der Waals surface area contributed by atoms with E-state index in [1.54, 1.807) is 24.5 Å². The zero-order valence-electron chi connectivity index (χ0n) is 7.40. The van der Waals surface area contributed by atoms with E-state index in [4.69, 9.17) is 4.74 Å². The van der Waals surface area contributed by atoms with Gasteiger partial charge in [0.1, 0.15) is 0 Å². The van der Waals surface area contributed by atoms with E-state index in [0.717, 1.165) is 6.42 Å². The topological polar surface area (TPSA) is 39.2 Å². The van der Waals surface area contributed by atoms with Gasteiger partial charge < -0.3 is 4.74 Å². The molecule has 72 valence electrons. The second-order valence-electron chi connectivity index (χ2n) is 2.37. The number of rotatable bonds is 3. The smallest absolute Gasteiger partial charge is 0.338 e. The van der Waals surface area contributed by atoms with Crippen LogP contribution in [0.4, 0.5) is 0 Å². The van der Waals surface area contributed by atoms with E-state index in [9.17, 15) is 4.79 Å². The Balaban J connectivity index is 0.00000144. The summed E-state index contributed by atoms with van der Waals surface area (Å²) in [5, 5.41) is 0. The quantitative estimate of drug-likeness (QED) is 0.703. The number of halogens is 1. The van der Waals surface area contributed by atoms with Crippen molar-refractivity contribution in [2.75, 3.05) is 6.61 Å². The molecule has 1 aromatic heterocycles. The molecule has 1 heterocycles. The molecule has 0 saturated carbocycles. The molecule has 4 heteroatoms. The largest absolute Gasteiger partial charge is 0.462 e. The first kappa shape index (κ1) is 11.9. The Labute approximate surface area is 83.5 Å². The molecular formula is C9H12ClNO2. The average molecular weight is 202 g/mol. The molecule has 0 unspecified atom stereocenters. The zero-order valence-corrected chi connectivity index (χ0v) is 8.21. The van der Waals surface area contributed by atoms with Gasteiger partial charge in [0.05, 0.1) is 12.2 Å². The van der Waals surface area contributed by atoms with Gasteiger partial charge in [0, 0.05) is 12.4 Å². The van der Waals surface area contributed by atoms with Gasteiger partial charge in [-0.15, -0.1) is 12.4 Å². The van der Waals surface area contributed by atoms with E-state index in [2.05, 4.69) is 4.98 Å². The Kier molecular flexibility index (Phi) is 5.89. The molecule has 0 amide bonds. The number of hydrogen-bond donors (Lipinski definition) is 0. The summed E-state index contributed by atoms with van der Waals surface area (Å²) in [6.45, 7) is 2.43. The van der Waals surface area contributed by atoms with Crippen molar-refractivity contribution < 1.29 is 9.53 Å². The number of hydrogen-bond acceptors (Lipinski definition) is 3. The fourth-order valence-corrected chi connectivity index (χ4v) is 0.766. The van der Waals surface area contributed by atoms with Gasteiger partial charge in [-0.05, 0) is 18.6 Å². The van der Waals surface area contributed by atoms with Crippen molar-refractivity contribution in [1.29, 1.82) is 0 Å². The maximum Gasteiger partial charge on any atom is 0.338 e. The predicted octanol–water partition coefficient (Wildman–Crippen LogP) is 2.07. The Morgan fingerprint density at radius 1 is 1.46 bits per heavy atom. The third kappa shape index (κ3) is 3.90. The molecule has 0 saturated heterocycles. The van der Waals surface area contributed by atoms with Crippen molar-refractivity contribution in [3.8, 4) is 0 Å². The van der Waals surface area contributed by atoms with Crippen molar-refractivity contribution in [2.24, 2.45) is 0 Å². The monoisotopic (exact) mass is 201 g/mol. The lowest BCUT2D eigenvalue weighted by molar-refractivity contribution is 0.0505. The van der Waals surface area contributed by atoms with Crippen molar-refractivity contribution in [3.05, 3.63) is 30.1 Å². The summed E-state index contributed by atoms with van der Waals surface area (Å²) in [5.41, 5.74) is 0.554. The highest BCUT2D eigenvalue weighted by Crippen LogP contribution is 1.99. The van der Waals surface area contributed by atoms with E-state index < -0.39 is 0 Å². The number of ether oxygens (including phenoxy) is 1. The molecule has 0 atom stereocenters. The first-order valence-electron chi connectivity index (χ1n) is 3.91. The number of carbonyl (C=O) groups is 1. The summed E-state index contributed by atoms with van der Waals surface area (Å²) in [4.78, 5) is 15.0. The molecule has 0 N–H and O–H groups in total. The van der Waals surface area contributed by atoms with Gasteiger partial charge in [-0.1, -0.05) is 6.92 Å². The van der Waals surface area contributed by atoms with E-state index in [1.165, 1.54) is 0 Å². The number of aromatic nitrogens is 1. The molecule has 0 aromatic carbocycles. The molecule has 1 aromatic rings. The van der Waals surface area contributed by atoms with E-state index in [1.807, 2.05) is 6.92 Å². The summed E-state index contributed by atoms with van der Waals surface area (Å²) in [7, 11) is 0. The molecule has 0 fully saturated rings. The number of pyridine rings is 1. The molecule has 0 aliphatic rings. The molecule has 13 heavy (non-hydrogen) atoms. The van der Waals surface area contributed by atoms with Gasteiger partial charge in [-0.3, -0.25) is 4.98 Å². The highest BCUT2D eigenvalue weighted by molar-refractivity contribution is 5.89. The second kappa shape index (κ2) is 6.43. The number of nitrogens with zero attached hydrogens (tertiary/aromatic N) is 1. The SMILES string of the molecule is CCCOC(=O)c1ccncc1.Cl. The minimum atomic E-state index is -0.278. The van der Waals surface area contributed by atoms with Crippen LogP contribution in [0.15, 0.2) is 24.5 Å². The fourth-order valence-electron chi connectivity index (χ4n) is 0.766. The summed E-state index contributed by atoms with van der Waals surface area (Å²) in [6, 6.07) is 3.27. The van der Waals surface area contributed by atoms with Crippen LogP contribution in [0.1, 0.15) is 23.7 Å². The van der Waals surface area contributed by atoms with Gasteiger partial charge in [0.25, 0.3) is 0 Å². The van der Waals surface area contributed by atoms with Gasteiger partial charge >= 0.3 is 5.97 Å². The van der Waals surface area contributed by atoms with Gasteiger partial charge in [-0.25, -0.2) is 4.79 Å². The Morgan fingerprint density at radius 2 is 2.08 bits per heavy atom. The average Bonchev–Trinajstić information content (AvgIpc) is 2.15. The first-order valence-corrected chi connectivity index (χ1v) is 3.91. The molecule has 0 radical (unpaired) electrons. The van der Waals surface area contributed by atoms with E-state index in [-0.39, 0.29) is 18.4 Å². The number of esters is 1. The van der Waals surface area contributed by atoms with Gasteiger partial charge in [0.2, 0.25) is 0 Å². The van der Waals surface area contributed by atoms with Crippen LogP contribution in [-0.4, -0.2) is 17.6 Å². The molecular weight excluding hydrogens is 190 g/mol. The second-order valence-corrected chi connectivity index (χ2v) is 2.37. The van der Waals surface area contributed by atoms with Crippen LogP contribution < -0.4 is 0 Å². The lowest BCUT2D eigenvalue weighted by atomic mass is 10.3. The predicted molar refractivity (Wildman–Crippen MR) is 52.1 cm³/mol. The maximum absolute atomic E-state index is 11.2. The van der Waals surface area contributed by atoms with E-state index >= 15 is 0 Å². The molecule has 1 rings (SSSR count). The highest BCUT2D eigenvalue weighted by atomic mass is 35.5. The van der Waals surface area contributed by atoms with Crippen molar-refractivity contribution in [2.45, 2.75) is 13.3 Å². The van der Waals surface area contributed by atoms with Crippen LogP contribution in [0, 0.1) is 0 Å². The minimum Gasteiger partial charge on any atom is -0.462 e. The standard InChI is InChI=1S/C9H11NO2.ClH/c1-2-7-12-9(11)8-3-5-10-6-4-8;/h3-6H,2,7H2,1H3;1H. The third-order valence-corrected chi connectivity index (χ3v) is 1.35. The minimum absolute atomic E-state index is 0. The molecule has 0 bridgehead atoms. The van der Waals surface area contributed by atoms with Crippen LogP contribution in [-0.2, 0) is 4.74 Å². The highest BCUT2D eigenvalue weighted by Gasteiger charge is 2.03. The fraction of sp³-hybridized carbons (Fsp3) is 0.333. The molecule has 0 aliphatic carbocycles. The van der Waals surface area contributed by atoms with Crippen molar-refractivity contribution in [3.63, 3.8) is 0 Å². The Bertz CT molecular complexity index is 251. The summed E-state index contributed by atoms with van der Waals surface area (Å²) >= 11 is 0. The van der Waals surface area contributed by atoms with Gasteiger partial charge in [0.15, 0.2) is 0 Å². The normalized spacial score (nSPS) is 8.69. The number of carbonyl (C=O) groups excluding carboxylic acids is 1. The van der Waals surface area contributed by atoms with Gasteiger partial charge in [-0.2, -0.15) is 0 Å². The molecule has 0 aliphatic heterocycles. The van der Waals surface area contributed by atoms with E-state index in [0.29, 0.717) is 12.2 Å². The Morgan fingerprint density at radius 3 is 2.62 bits per heavy atom. The van der Waals surface area contributed by atoms with Crippen LogP contribution in [0.25, 0.3) is 0 Å². The van der Waals surface area contributed by atoms with Crippen LogP contribution in [0.2, 0.25) is 0 Å². The van der Waals surface area contributed by atoms with Crippen LogP contribution >= 0.6 is 12.4 Å². The lowest BCUT2D eigenvalue weighted by Gasteiger charge is -2.01. The lowest BCUT2D eigenvalue weighted by Crippen LogP contribution is -2.05. The summed E-state index contributed by atoms with van der Waals surface area (Å²) in [6.07, 6.45) is 3.99. The summed E-state index contributed by atoms with van der Waals surface area (Å²) in [5.74, 6) is -0.278. The summed E-state index contributed by atoms with van der Waals surface area (Å²) < 4.78 is 4.91. The molecule has 0 spiro atoms. The van der Waals surface area contributed by atoms with Crippen molar-refractivity contribution in [1.82, 2.24) is 4.98 Å². The maximum atomic E-state index is 11.2. The Hall–Kier alpha value is -1.09.